The second-order valence-electron chi connectivity index (χ2n) is 7.50. The summed E-state index contributed by atoms with van der Waals surface area (Å²) in [4.78, 5) is 21.0. The van der Waals surface area contributed by atoms with Crippen LogP contribution in [0.15, 0.2) is 36.8 Å². The fourth-order valence-corrected chi connectivity index (χ4v) is 3.06. The normalized spacial score (nSPS) is 12.0. The van der Waals surface area contributed by atoms with E-state index in [0.717, 1.165) is 18.3 Å². The molecule has 0 aliphatic heterocycles. The molecule has 0 saturated heterocycles. The van der Waals surface area contributed by atoms with Crippen LogP contribution in [0.4, 0.5) is 27.4 Å². The van der Waals surface area contributed by atoms with Gasteiger partial charge in [-0.1, -0.05) is 6.92 Å². The Hall–Kier alpha value is -4.02. The maximum atomic E-state index is 13.9. The average molecular weight is 437 g/mol. The van der Waals surface area contributed by atoms with Gasteiger partial charge in [-0.15, -0.1) is 5.10 Å². The minimum Gasteiger partial charge on any atom is -0.366 e. The van der Waals surface area contributed by atoms with Crippen LogP contribution in [0, 0.1) is 12.7 Å². The number of carbonyl (C=O) groups excluding carboxylic acids is 1. The van der Waals surface area contributed by atoms with Crippen molar-refractivity contribution in [2.45, 2.75) is 33.2 Å². The van der Waals surface area contributed by atoms with E-state index in [1.54, 1.807) is 4.68 Å². The van der Waals surface area contributed by atoms with Crippen molar-refractivity contribution >= 4 is 34.6 Å². The number of pyridine rings is 1. The molecule has 0 radical (unpaired) electrons. The number of amides is 1. The number of hydrogen-bond acceptors (Lipinski definition) is 7. The van der Waals surface area contributed by atoms with Gasteiger partial charge >= 0.3 is 0 Å². The number of nitrogens with one attached hydrogen (secondary N) is 3. The Labute approximate surface area is 183 Å². The van der Waals surface area contributed by atoms with Gasteiger partial charge < -0.3 is 16.0 Å². The molecular formula is C21H24FN9O. The Morgan fingerprint density at radius 2 is 2.00 bits per heavy atom. The van der Waals surface area contributed by atoms with Crippen LogP contribution >= 0.6 is 0 Å². The Balaban J connectivity index is 1.75. The van der Waals surface area contributed by atoms with Crippen molar-refractivity contribution in [1.29, 1.82) is 0 Å². The SMILES string of the molecule is CC[C@H](C)Nc1cc(Nc2cc(C)n(C)n2)c2ncc(C(=O)Nc3ccncc3F)n2n1. The molecule has 0 spiro atoms. The first kappa shape index (κ1) is 21.2. The average Bonchev–Trinajstić information content (AvgIpc) is 3.32. The summed E-state index contributed by atoms with van der Waals surface area (Å²) in [5.41, 5.74) is 2.22. The molecule has 10 nitrogen and oxygen atoms in total. The number of aryl methyl sites for hydroxylation is 2. The number of imidazole rings is 1. The van der Waals surface area contributed by atoms with Crippen LogP contribution < -0.4 is 16.0 Å². The summed E-state index contributed by atoms with van der Waals surface area (Å²) in [6.07, 6.45) is 4.73. The summed E-state index contributed by atoms with van der Waals surface area (Å²) in [5, 5.41) is 18.1. The van der Waals surface area contributed by atoms with Crippen LogP contribution in [0.2, 0.25) is 0 Å². The molecule has 4 rings (SSSR count). The number of fused-ring (bicyclic) bond motifs is 1. The lowest BCUT2D eigenvalue weighted by molar-refractivity contribution is 0.102. The molecule has 4 heterocycles. The van der Waals surface area contributed by atoms with Gasteiger partial charge in [0.15, 0.2) is 23.0 Å². The number of rotatable bonds is 7. The molecule has 32 heavy (non-hydrogen) atoms. The lowest BCUT2D eigenvalue weighted by Crippen LogP contribution is -2.19. The summed E-state index contributed by atoms with van der Waals surface area (Å²) in [7, 11) is 1.86. The van der Waals surface area contributed by atoms with Crippen molar-refractivity contribution in [2.75, 3.05) is 16.0 Å². The van der Waals surface area contributed by atoms with Gasteiger partial charge in [-0.25, -0.2) is 13.9 Å². The molecule has 4 aromatic rings. The van der Waals surface area contributed by atoms with Gasteiger partial charge in [0.05, 0.1) is 23.8 Å². The number of hydrogen-bond donors (Lipinski definition) is 3. The third-order valence-electron chi connectivity index (χ3n) is 5.10. The predicted octanol–water partition coefficient (Wildman–Crippen LogP) is 3.51. The third-order valence-corrected chi connectivity index (χ3v) is 5.10. The Bertz CT molecular complexity index is 1260. The molecule has 11 heteroatoms. The number of carbonyl (C=O) groups is 1. The van der Waals surface area contributed by atoms with E-state index in [-0.39, 0.29) is 17.4 Å². The molecule has 0 fully saturated rings. The Kier molecular flexibility index (Phi) is 5.71. The molecule has 4 aromatic heterocycles. The maximum absolute atomic E-state index is 13.9. The van der Waals surface area contributed by atoms with Crippen molar-refractivity contribution in [2.24, 2.45) is 7.05 Å². The standard InChI is InChI=1S/C21H24FN9O/c1-5-12(2)25-19-9-16(26-18-8-13(3)30(4)28-18)20-24-11-17(31(20)29-19)21(32)27-15-6-7-23-10-14(15)22/h6-12H,5H2,1-4H3,(H,25,29)(H,26,28)(H,23,27,32)/t12-/m0/s1. The van der Waals surface area contributed by atoms with Crippen LogP contribution in [-0.4, -0.2) is 41.3 Å². The molecule has 0 bridgehead atoms. The number of nitrogens with zero attached hydrogens (tertiary/aromatic N) is 6. The van der Waals surface area contributed by atoms with Gasteiger partial charge in [-0.2, -0.15) is 5.10 Å². The van der Waals surface area contributed by atoms with E-state index in [9.17, 15) is 9.18 Å². The number of halogens is 1. The fraction of sp³-hybridized carbons (Fsp3) is 0.286. The Morgan fingerprint density at radius 1 is 1.19 bits per heavy atom. The molecule has 166 valence electrons. The first-order valence-electron chi connectivity index (χ1n) is 10.2. The molecule has 3 N–H and O–H groups in total. The van der Waals surface area contributed by atoms with E-state index in [1.807, 2.05) is 33.0 Å². The topological polar surface area (TPSA) is 114 Å². The molecule has 0 aliphatic carbocycles. The van der Waals surface area contributed by atoms with E-state index in [0.29, 0.717) is 23.0 Å². The van der Waals surface area contributed by atoms with Crippen molar-refractivity contribution in [3.8, 4) is 0 Å². The molecular weight excluding hydrogens is 413 g/mol. The maximum Gasteiger partial charge on any atom is 0.276 e. The second kappa shape index (κ2) is 8.61. The molecule has 0 unspecified atom stereocenters. The zero-order valence-corrected chi connectivity index (χ0v) is 18.2. The summed E-state index contributed by atoms with van der Waals surface area (Å²) >= 11 is 0. The zero-order chi connectivity index (χ0) is 22.8. The van der Waals surface area contributed by atoms with Gasteiger partial charge in [-0.05, 0) is 26.3 Å². The highest BCUT2D eigenvalue weighted by Crippen LogP contribution is 2.25. The minimum atomic E-state index is -0.630. The monoisotopic (exact) mass is 437 g/mol. The zero-order valence-electron chi connectivity index (χ0n) is 18.2. The first-order valence-corrected chi connectivity index (χ1v) is 10.2. The van der Waals surface area contributed by atoms with Crippen molar-refractivity contribution in [3.05, 3.63) is 54.0 Å². The van der Waals surface area contributed by atoms with E-state index in [2.05, 4.69) is 43.0 Å². The Morgan fingerprint density at radius 3 is 2.69 bits per heavy atom. The lowest BCUT2D eigenvalue weighted by atomic mass is 10.2. The highest BCUT2D eigenvalue weighted by molar-refractivity contribution is 6.03. The largest absolute Gasteiger partial charge is 0.366 e. The van der Waals surface area contributed by atoms with Gasteiger partial charge in [-0.3, -0.25) is 14.5 Å². The minimum absolute atomic E-state index is 0.0242. The molecule has 0 aromatic carbocycles. The van der Waals surface area contributed by atoms with Crippen molar-refractivity contribution in [1.82, 2.24) is 29.4 Å². The van der Waals surface area contributed by atoms with E-state index in [4.69, 9.17) is 0 Å². The van der Waals surface area contributed by atoms with E-state index >= 15 is 0 Å². The quantitative estimate of drug-likeness (QED) is 0.405. The summed E-state index contributed by atoms with van der Waals surface area (Å²) in [5.74, 6) is 0.0228. The van der Waals surface area contributed by atoms with Gasteiger partial charge in [0, 0.05) is 37.1 Å². The second-order valence-corrected chi connectivity index (χ2v) is 7.50. The summed E-state index contributed by atoms with van der Waals surface area (Å²) < 4.78 is 17.1. The smallest absolute Gasteiger partial charge is 0.276 e. The summed E-state index contributed by atoms with van der Waals surface area (Å²) in [6.45, 7) is 6.05. The van der Waals surface area contributed by atoms with E-state index < -0.39 is 11.7 Å². The third kappa shape index (κ3) is 4.22. The van der Waals surface area contributed by atoms with Gasteiger partial charge in [0.1, 0.15) is 5.82 Å². The summed E-state index contributed by atoms with van der Waals surface area (Å²) in [6, 6.07) is 5.28. The number of anilines is 4. The van der Waals surface area contributed by atoms with Crippen LogP contribution in [0.5, 0.6) is 0 Å². The van der Waals surface area contributed by atoms with Crippen LogP contribution in [-0.2, 0) is 7.05 Å². The first-order chi connectivity index (χ1) is 15.4. The molecule has 0 aliphatic rings. The van der Waals surface area contributed by atoms with Crippen LogP contribution in [0.25, 0.3) is 5.65 Å². The van der Waals surface area contributed by atoms with Crippen molar-refractivity contribution < 1.29 is 9.18 Å². The molecule has 1 atom stereocenters. The fourth-order valence-electron chi connectivity index (χ4n) is 3.06. The van der Waals surface area contributed by atoms with Crippen LogP contribution in [0.1, 0.15) is 36.5 Å². The van der Waals surface area contributed by atoms with Crippen LogP contribution in [0.3, 0.4) is 0 Å². The van der Waals surface area contributed by atoms with Gasteiger partial charge in [0.2, 0.25) is 0 Å². The predicted molar refractivity (Wildman–Crippen MR) is 120 cm³/mol. The highest BCUT2D eigenvalue weighted by atomic mass is 19.1. The van der Waals surface area contributed by atoms with E-state index in [1.165, 1.54) is 23.0 Å². The van der Waals surface area contributed by atoms with Gasteiger partial charge in [0.25, 0.3) is 5.91 Å². The van der Waals surface area contributed by atoms with Crippen molar-refractivity contribution in [3.63, 3.8) is 0 Å². The highest BCUT2D eigenvalue weighted by Gasteiger charge is 2.19. The molecule has 1 amide bonds. The number of aromatic nitrogens is 6. The lowest BCUT2D eigenvalue weighted by Gasteiger charge is -2.14. The molecule has 0 saturated carbocycles.